The van der Waals surface area contributed by atoms with Gasteiger partial charge in [-0.1, -0.05) is 26.3 Å². The Morgan fingerprint density at radius 2 is 1.81 bits per heavy atom. The van der Waals surface area contributed by atoms with Gasteiger partial charge in [-0.15, -0.1) is 0 Å². The van der Waals surface area contributed by atoms with Crippen LogP contribution in [-0.2, 0) is 37.8 Å². The van der Waals surface area contributed by atoms with Crippen LogP contribution in [0.1, 0.15) is 61.3 Å². The lowest BCUT2D eigenvalue weighted by Crippen LogP contribution is -2.81. The largest absolute Gasteiger partial charge is 0.459 e. The van der Waals surface area contributed by atoms with Crippen molar-refractivity contribution in [2.75, 3.05) is 13.7 Å². The summed E-state index contributed by atoms with van der Waals surface area (Å²) in [4.78, 5) is 40.0. The SMILES string of the molecule is COC1C(=O)[C@]2(C)C(O[Si]C)CC3OCC3(OC(C)=O)C2C(OC(C)=O)C2(O)CC(C)C(C)=C1C2(C)C. The Morgan fingerprint density at radius 3 is 2.30 bits per heavy atom. The summed E-state index contributed by atoms with van der Waals surface area (Å²) in [5.41, 5.74) is -3.57. The summed E-state index contributed by atoms with van der Waals surface area (Å²) < 4.78 is 30.2. The third-order valence-electron chi connectivity index (χ3n) is 9.79. The molecule has 2 saturated carbocycles. The van der Waals surface area contributed by atoms with Gasteiger partial charge in [0, 0.05) is 32.8 Å². The van der Waals surface area contributed by atoms with Crippen molar-refractivity contribution in [3.63, 3.8) is 0 Å². The van der Waals surface area contributed by atoms with Crippen LogP contribution in [0.25, 0.3) is 0 Å². The number of methoxy groups -OCH3 is 1. The van der Waals surface area contributed by atoms with E-state index in [0.29, 0.717) is 12.0 Å². The molecule has 1 heterocycles. The Balaban J connectivity index is 2.11. The second-order valence-electron chi connectivity index (χ2n) is 11.9. The molecule has 1 N–H and O–H groups in total. The highest BCUT2D eigenvalue weighted by atomic mass is 28.2. The molecule has 1 aliphatic heterocycles. The van der Waals surface area contributed by atoms with Crippen LogP contribution >= 0.6 is 0 Å². The summed E-state index contributed by atoms with van der Waals surface area (Å²) in [5, 5.41) is 12.8. The molecule has 37 heavy (non-hydrogen) atoms. The molecule has 9 atom stereocenters. The summed E-state index contributed by atoms with van der Waals surface area (Å²) in [6, 6.07) is 0. The number of allylic oxidation sites excluding steroid dienone is 1. The number of esters is 2. The molecular formula is C27H40O9Si. The zero-order chi connectivity index (χ0) is 27.7. The number of carbonyl (C=O) groups is 3. The summed E-state index contributed by atoms with van der Waals surface area (Å²) in [7, 11) is 1.57. The lowest BCUT2D eigenvalue weighted by atomic mass is 9.44. The van der Waals surface area contributed by atoms with Crippen molar-refractivity contribution >= 4 is 27.5 Å². The summed E-state index contributed by atoms with van der Waals surface area (Å²) in [5.74, 6) is -2.43. The molecule has 2 bridgehead atoms. The molecule has 0 spiro atoms. The maximum Gasteiger partial charge on any atom is 0.303 e. The molecule has 4 rings (SSSR count). The van der Waals surface area contributed by atoms with Gasteiger partial charge in [-0.05, 0) is 38.3 Å². The predicted molar refractivity (Wildman–Crippen MR) is 134 cm³/mol. The van der Waals surface area contributed by atoms with Gasteiger partial charge in [0.1, 0.15) is 23.9 Å². The standard InChI is InChI=1S/C27H40O9Si/c1-13-11-27(31)23(34-15(3)28)21-25(7,22(30)20(32-8)19(14(13)2)24(27,5)6)17(36-37-9)10-18-26(21,12-33-18)35-16(4)29/h13,17-18,20-21,23,31H,10-12H2,1-9H3/t13?,17?,18?,20?,21?,23?,25-,26?,27?/m1/s1. The van der Waals surface area contributed by atoms with Gasteiger partial charge in [0.15, 0.2) is 11.4 Å². The smallest absolute Gasteiger partial charge is 0.303 e. The minimum Gasteiger partial charge on any atom is -0.459 e. The quantitative estimate of drug-likeness (QED) is 0.321. The van der Waals surface area contributed by atoms with E-state index in [1.807, 2.05) is 34.2 Å². The number of ether oxygens (including phenoxy) is 4. The highest BCUT2D eigenvalue weighted by Gasteiger charge is 2.77. The lowest BCUT2D eigenvalue weighted by Gasteiger charge is -2.68. The fourth-order valence-corrected chi connectivity index (χ4v) is 8.45. The molecular weight excluding hydrogens is 496 g/mol. The van der Waals surface area contributed by atoms with Crippen LogP contribution in [0.2, 0.25) is 6.55 Å². The Morgan fingerprint density at radius 1 is 1.16 bits per heavy atom. The van der Waals surface area contributed by atoms with Crippen molar-refractivity contribution in [3.8, 4) is 0 Å². The molecule has 4 aliphatic rings. The third kappa shape index (κ3) is 3.73. The van der Waals surface area contributed by atoms with E-state index >= 15 is 0 Å². The fraction of sp³-hybridized carbons (Fsp3) is 0.815. The van der Waals surface area contributed by atoms with Crippen LogP contribution in [0.3, 0.4) is 0 Å². The molecule has 0 aromatic rings. The monoisotopic (exact) mass is 536 g/mol. The number of carbonyl (C=O) groups excluding carboxylic acids is 3. The summed E-state index contributed by atoms with van der Waals surface area (Å²) >= 11 is 0. The van der Waals surface area contributed by atoms with Crippen molar-refractivity contribution in [1.82, 2.24) is 0 Å². The van der Waals surface area contributed by atoms with Gasteiger partial charge < -0.3 is 28.5 Å². The zero-order valence-corrected chi connectivity index (χ0v) is 24.3. The molecule has 3 fully saturated rings. The number of hydrogen-bond acceptors (Lipinski definition) is 9. The van der Waals surface area contributed by atoms with E-state index in [-0.39, 0.29) is 34.5 Å². The third-order valence-corrected chi connectivity index (χ3v) is 10.3. The van der Waals surface area contributed by atoms with Crippen LogP contribution < -0.4 is 0 Å². The minimum atomic E-state index is -1.61. The van der Waals surface area contributed by atoms with E-state index in [1.165, 1.54) is 21.0 Å². The highest BCUT2D eigenvalue weighted by Crippen LogP contribution is 2.65. The van der Waals surface area contributed by atoms with Crippen LogP contribution in [0.15, 0.2) is 11.1 Å². The topological polar surface area (TPSA) is 118 Å². The van der Waals surface area contributed by atoms with E-state index in [4.69, 9.17) is 23.4 Å². The first kappa shape index (κ1) is 28.4. The minimum absolute atomic E-state index is 0.0229. The molecule has 10 heteroatoms. The first-order chi connectivity index (χ1) is 17.1. The Labute approximate surface area is 221 Å². The fourth-order valence-electron chi connectivity index (χ4n) is 7.82. The van der Waals surface area contributed by atoms with Gasteiger partial charge in [0.25, 0.3) is 0 Å². The van der Waals surface area contributed by atoms with Crippen molar-refractivity contribution in [3.05, 3.63) is 11.1 Å². The molecule has 0 aromatic heterocycles. The van der Waals surface area contributed by atoms with Crippen molar-refractivity contribution in [2.45, 2.75) is 103 Å². The number of ketones is 1. The van der Waals surface area contributed by atoms with E-state index in [2.05, 4.69) is 0 Å². The average molecular weight is 537 g/mol. The summed E-state index contributed by atoms with van der Waals surface area (Å²) in [6.45, 7) is 14.0. The average Bonchev–Trinajstić information content (AvgIpc) is 2.78. The normalized spacial score (nSPS) is 44.5. The van der Waals surface area contributed by atoms with Crippen LogP contribution in [0.4, 0.5) is 0 Å². The van der Waals surface area contributed by atoms with Gasteiger partial charge in [-0.25, -0.2) is 0 Å². The second kappa shape index (κ2) is 9.26. The van der Waals surface area contributed by atoms with Crippen molar-refractivity contribution in [1.29, 1.82) is 0 Å². The molecule has 0 amide bonds. The number of hydrogen-bond donors (Lipinski definition) is 1. The van der Waals surface area contributed by atoms with Crippen molar-refractivity contribution < 1.29 is 42.9 Å². The van der Waals surface area contributed by atoms with E-state index < -0.39 is 64.3 Å². The number of aliphatic hydroxyl groups is 1. The Kier molecular flexibility index (Phi) is 7.11. The lowest BCUT2D eigenvalue weighted by molar-refractivity contribution is -0.345. The number of fused-ring (bicyclic) bond motifs is 5. The van der Waals surface area contributed by atoms with E-state index in [9.17, 15) is 19.5 Å². The first-order valence-electron chi connectivity index (χ1n) is 12.9. The van der Waals surface area contributed by atoms with Crippen LogP contribution in [0, 0.1) is 22.7 Å². The van der Waals surface area contributed by atoms with Gasteiger partial charge in [0.05, 0.1) is 24.0 Å². The molecule has 1 saturated heterocycles. The van der Waals surface area contributed by atoms with Crippen LogP contribution in [-0.4, -0.2) is 81.9 Å². The van der Waals surface area contributed by atoms with Gasteiger partial charge >= 0.3 is 11.9 Å². The predicted octanol–water partition coefficient (Wildman–Crippen LogP) is 2.41. The molecule has 0 aromatic carbocycles. The summed E-state index contributed by atoms with van der Waals surface area (Å²) in [6.07, 6.45) is -2.77. The molecule has 9 nitrogen and oxygen atoms in total. The zero-order valence-electron chi connectivity index (χ0n) is 23.3. The number of Topliss-reactive ketones (excluding diaryl/α,β-unsaturated/α-hetero) is 1. The molecule has 2 radical (unpaired) electrons. The van der Waals surface area contributed by atoms with E-state index in [1.54, 1.807) is 6.92 Å². The van der Waals surface area contributed by atoms with Gasteiger partial charge in [0.2, 0.25) is 9.76 Å². The van der Waals surface area contributed by atoms with Gasteiger partial charge in [-0.3, -0.25) is 14.4 Å². The Bertz CT molecular complexity index is 1020. The second-order valence-corrected chi connectivity index (χ2v) is 12.6. The molecule has 3 aliphatic carbocycles. The first-order valence-corrected chi connectivity index (χ1v) is 14.4. The number of rotatable bonds is 5. The maximum absolute atomic E-state index is 14.8. The molecule has 206 valence electrons. The van der Waals surface area contributed by atoms with Crippen molar-refractivity contribution in [2.24, 2.45) is 22.7 Å². The van der Waals surface area contributed by atoms with Gasteiger partial charge in [-0.2, -0.15) is 0 Å². The maximum atomic E-state index is 14.8. The van der Waals surface area contributed by atoms with E-state index in [0.717, 1.165) is 5.57 Å². The molecule has 8 unspecified atom stereocenters. The highest BCUT2D eigenvalue weighted by molar-refractivity contribution is 6.25. The van der Waals surface area contributed by atoms with Crippen LogP contribution in [0.5, 0.6) is 0 Å². The Hall–Kier alpha value is -1.59.